The molecule has 27 heavy (non-hydrogen) atoms. The summed E-state index contributed by atoms with van der Waals surface area (Å²) in [5.74, 6) is 1.57. The fourth-order valence-electron chi connectivity index (χ4n) is 3.64. The topological polar surface area (TPSA) is 94.0 Å². The van der Waals surface area contributed by atoms with E-state index in [0.29, 0.717) is 28.2 Å². The van der Waals surface area contributed by atoms with Crippen LogP contribution in [0.5, 0.6) is 0 Å². The van der Waals surface area contributed by atoms with E-state index in [1.165, 1.54) is 0 Å². The number of fused-ring (bicyclic) bond motifs is 1. The number of benzene rings is 1. The number of pyridine rings is 1. The number of nitrogens with two attached hydrogens (primary N) is 2. The molecule has 4 rings (SSSR count). The van der Waals surface area contributed by atoms with Crippen molar-refractivity contribution in [2.45, 2.75) is 12.8 Å². The molecule has 140 valence electrons. The molecule has 1 aliphatic rings. The summed E-state index contributed by atoms with van der Waals surface area (Å²) >= 11 is 13.0. The van der Waals surface area contributed by atoms with Crippen LogP contribution in [-0.4, -0.2) is 34.6 Å². The Kier molecular flexibility index (Phi) is 5.04. The first-order valence-corrected chi connectivity index (χ1v) is 9.65. The van der Waals surface area contributed by atoms with Crippen LogP contribution in [0.25, 0.3) is 22.2 Å². The maximum Gasteiger partial charge on any atom is 0.222 e. The predicted octanol–water partition coefficient (Wildman–Crippen LogP) is 3.76. The van der Waals surface area contributed by atoms with E-state index >= 15 is 0 Å². The maximum absolute atomic E-state index is 6.50. The Hall–Kier alpha value is -2.15. The number of nitrogens with zero attached hydrogens (tertiary/aromatic N) is 4. The molecule has 4 N–H and O–H groups in total. The third-order valence-electron chi connectivity index (χ3n) is 4.96. The molecule has 6 nitrogen and oxygen atoms in total. The summed E-state index contributed by atoms with van der Waals surface area (Å²) in [6, 6.07) is 7.48. The summed E-state index contributed by atoms with van der Waals surface area (Å²) in [5, 5.41) is 1.95. The Bertz CT molecular complexity index is 973. The SMILES string of the molecule is NCC[C@H]1CCN(c2nc3nc(N)ncc3cc2-c2c(Cl)cccc2Cl)C1. The van der Waals surface area contributed by atoms with Gasteiger partial charge in [0.05, 0.1) is 10.0 Å². The van der Waals surface area contributed by atoms with Crippen molar-refractivity contribution in [2.24, 2.45) is 11.7 Å². The van der Waals surface area contributed by atoms with Crippen molar-refractivity contribution in [1.82, 2.24) is 15.0 Å². The molecule has 8 heteroatoms. The third kappa shape index (κ3) is 3.52. The molecule has 0 unspecified atom stereocenters. The molecular weight excluding hydrogens is 383 g/mol. The summed E-state index contributed by atoms with van der Waals surface area (Å²) < 4.78 is 0. The average molecular weight is 403 g/mol. The minimum Gasteiger partial charge on any atom is -0.368 e. The highest BCUT2D eigenvalue weighted by molar-refractivity contribution is 6.39. The van der Waals surface area contributed by atoms with Gasteiger partial charge in [-0.05, 0) is 43.5 Å². The van der Waals surface area contributed by atoms with E-state index in [4.69, 9.17) is 39.7 Å². The minimum atomic E-state index is 0.201. The van der Waals surface area contributed by atoms with Crippen molar-refractivity contribution < 1.29 is 0 Å². The van der Waals surface area contributed by atoms with Gasteiger partial charge in [-0.2, -0.15) is 4.98 Å². The standard InChI is InChI=1S/C19H20Cl2N6/c20-14-2-1-3-15(21)16(14)13-8-12-9-24-19(23)26-17(12)25-18(13)27-7-5-11(10-27)4-6-22/h1-3,8-9,11H,4-7,10,22H2,(H2,23,24,25,26)/t11-/m0/s1. The summed E-state index contributed by atoms with van der Waals surface area (Å²) in [4.78, 5) is 15.4. The van der Waals surface area contributed by atoms with Gasteiger partial charge in [0.1, 0.15) is 5.82 Å². The second-order valence-corrected chi connectivity index (χ2v) is 7.59. The summed E-state index contributed by atoms with van der Waals surface area (Å²) in [6.07, 6.45) is 3.75. The number of nitrogen functional groups attached to an aromatic ring is 1. The fourth-order valence-corrected chi connectivity index (χ4v) is 4.24. The number of anilines is 2. The molecular formula is C19H20Cl2N6. The van der Waals surface area contributed by atoms with Gasteiger partial charge < -0.3 is 16.4 Å². The largest absolute Gasteiger partial charge is 0.368 e. The van der Waals surface area contributed by atoms with Crippen LogP contribution in [0.15, 0.2) is 30.5 Å². The molecule has 1 aromatic carbocycles. The zero-order chi connectivity index (χ0) is 19.0. The van der Waals surface area contributed by atoms with Crippen LogP contribution in [0, 0.1) is 5.92 Å². The number of halogens is 2. The smallest absolute Gasteiger partial charge is 0.222 e. The van der Waals surface area contributed by atoms with E-state index < -0.39 is 0 Å². The highest BCUT2D eigenvalue weighted by Crippen LogP contribution is 2.41. The number of hydrogen-bond donors (Lipinski definition) is 2. The maximum atomic E-state index is 6.50. The number of hydrogen-bond acceptors (Lipinski definition) is 6. The Balaban J connectivity index is 1.89. The Morgan fingerprint density at radius 1 is 1.19 bits per heavy atom. The van der Waals surface area contributed by atoms with E-state index in [1.54, 1.807) is 6.20 Å². The number of rotatable bonds is 4. The van der Waals surface area contributed by atoms with Gasteiger partial charge in [0.2, 0.25) is 5.95 Å². The Morgan fingerprint density at radius 2 is 1.96 bits per heavy atom. The molecule has 1 fully saturated rings. The van der Waals surface area contributed by atoms with Crippen molar-refractivity contribution in [3.63, 3.8) is 0 Å². The summed E-state index contributed by atoms with van der Waals surface area (Å²) in [6.45, 7) is 2.49. The molecule has 3 aromatic rings. The molecule has 1 saturated heterocycles. The second kappa shape index (κ2) is 7.46. The molecule has 3 heterocycles. The van der Waals surface area contributed by atoms with E-state index in [2.05, 4.69) is 14.9 Å². The van der Waals surface area contributed by atoms with Crippen LogP contribution in [0.1, 0.15) is 12.8 Å². The summed E-state index contributed by atoms with van der Waals surface area (Å²) in [5.41, 5.74) is 13.7. The summed E-state index contributed by atoms with van der Waals surface area (Å²) in [7, 11) is 0. The van der Waals surface area contributed by atoms with Gasteiger partial charge in [0.15, 0.2) is 5.65 Å². The van der Waals surface area contributed by atoms with Crippen LogP contribution >= 0.6 is 23.2 Å². The minimum absolute atomic E-state index is 0.201. The van der Waals surface area contributed by atoms with Crippen molar-refractivity contribution in [1.29, 1.82) is 0 Å². The van der Waals surface area contributed by atoms with Gasteiger partial charge in [0, 0.05) is 35.8 Å². The van der Waals surface area contributed by atoms with Gasteiger partial charge >= 0.3 is 0 Å². The van der Waals surface area contributed by atoms with Crippen LogP contribution < -0.4 is 16.4 Å². The lowest BCUT2D eigenvalue weighted by atomic mass is 10.0. The lowest BCUT2D eigenvalue weighted by Gasteiger charge is -2.22. The highest BCUT2D eigenvalue weighted by atomic mass is 35.5. The number of aromatic nitrogens is 3. The molecule has 2 aromatic heterocycles. The zero-order valence-corrected chi connectivity index (χ0v) is 16.2. The molecule has 1 aliphatic heterocycles. The average Bonchev–Trinajstić information content (AvgIpc) is 3.10. The lowest BCUT2D eigenvalue weighted by Crippen LogP contribution is -2.22. The first-order valence-electron chi connectivity index (χ1n) is 8.89. The van der Waals surface area contributed by atoms with E-state index in [1.807, 2.05) is 24.3 Å². The van der Waals surface area contributed by atoms with Gasteiger partial charge in [0.25, 0.3) is 0 Å². The van der Waals surface area contributed by atoms with Crippen LogP contribution in [0.2, 0.25) is 10.0 Å². The van der Waals surface area contributed by atoms with Gasteiger partial charge in [-0.15, -0.1) is 0 Å². The molecule has 0 bridgehead atoms. The third-order valence-corrected chi connectivity index (χ3v) is 5.59. The Labute approximate surface area is 167 Å². The van der Waals surface area contributed by atoms with Crippen molar-refractivity contribution in [3.8, 4) is 11.1 Å². The van der Waals surface area contributed by atoms with Crippen molar-refractivity contribution in [2.75, 3.05) is 30.3 Å². The molecule has 0 saturated carbocycles. The fraction of sp³-hybridized carbons (Fsp3) is 0.316. The molecule has 0 amide bonds. The molecule has 0 radical (unpaired) electrons. The van der Waals surface area contributed by atoms with Crippen LogP contribution in [0.4, 0.5) is 11.8 Å². The monoisotopic (exact) mass is 402 g/mol. The predicted molar refractivity (Wildman–Crippen MR) is 111 cm³/mol. The lowest BCUT2D eigenvalue weighted by molar-refractivity contribution is 0.546. The van der Waals surface area contributed by atoms with Crippen molar-refractivity contribution >= 4 is 46.0 Å². The Morgan fingerprint density at radius 3 is 2.70 bits per heavy atom. The van der Waals surface area contributed by atoms with Crippen LogP contribution in [-0.2, 0) is 0 Å². The molecule has 0 aliphatic carbocycles. The van der Waals surface area contributed by atoms with E-state index in [0.717, 1.165) is 48.3 Å². The van der Waals surface area contributed by atoms with Gasteiger partial charge in [-0.3, -0.25) is 0 Å². The first-order chi connectivity index (χ1) is 13.1. The molecule has 0 spiro atoms. The van der Waals surface area contributed by atoms with Crippen molar-refractivity contribution in [3.05, 3.63) is 40.5 Å². The van der Waals surface area contributed by atoms with E-state index in [-0.39, 0.29) is 5.95 Å². The zero-order valence-electron chi connectivity index (χ0n) is 14.7. The quantitative estimate of drug-likeness (QED) is 0.689. The first kappa shape index (κ1) is 18.2. The van der Waals surface area contributed by atoms with E-state index in [9.17, 15) is 0 Å². The van der Waals surface area contributed by atoms with Gasteiger partial charge in [-0.25, -0.2) is 9.97 Å². The van der Waals surface area contributed by atoms with Gasteiger partial charge in [-0.1, -0.05) is 29.3 Å². The normalized spacial score (nSPS) is 17.0. The second-order valence-electron chi connectivity index (χ2n) is 6.78. The van der Waals surface area contributed by atoms with Crippen LogP contribution in [0.3, 0.4) is 0 Å². The highest BCUT2D eigenvalue weighted by Gasteiger charge is 2.27. The molecule has 1 atom stereocenters.